The van der Waals surface area contributed by atoms with Gasteiger partial charge in [0.25, 0.3) is 0 Å². The van der Waals surface area contributed by atoms with Gasteiger partial charge < -0.3 is 20.5 Å². The first-order valence-corrected chi connectivity index (χ1v) is 8.51. The molecule has 1 fully saturated rings. The lowest BCUT2D eigenvalue weighted by Crippen LogP contribution is -2.48. The molecule has 1 aliphatic heterocycles. The maximum atomic E-state index is 12.6. The van der Waals surface area contributed by atoms with Gasteiger partial charge in [-0.3, -0.25) is 4.79 Å². The molecule has 1 heterocycles. The minimum absolute atomic E-state index is 0. The smallest absolute Gasteiger partial charge is 0.227 e. The highest BCUT2D eigenvalue weighted by molar-refractivity contribution is 5.85. The van der Waals surface area contributed by atoms with Crippen molar-refractivity contribution in [3.05, 3.63) is 23.8 Å². The van der Waals surface area contributed by atoms with E-state index in [1.807, 2.05) is 18.2 Å². The molecule has 1 aromatic rings. The molecular formula is C18H27ClN2O3. The van der Waals surface area contributed by atoms with Gasteiger partial charge in [-0.05, 0) is 55.5 Å². The largest absolute Gasteiger partial charge is 0.497 e. The SMILES string of the molecule is COc1ccc2c(c1)CC(C(=O)NC1CCCCC1CN)CO2.Cl. The van der Waals surface area contributed by atoms with Crippen LogP contribution in [0.4, 0.5) is 0 Å². The standard InChI is InChI=1S/C18H26N2O3.ClH/c1-22-15-6-7-17-13(9-15)8-14(11-23-17)18(21)20-16-5-3-2-4-12(16)10-19;/h6-7,9,12,14,16H,2-5,8,10-11,19H2,1H3,(H,20,21);1H. The molecule has 1 aromatic carbocycles. The molecule has 2 aliphatic rings. The molecular weight excluding hydrogens is 328 g/mol. The number of carbonyl (C=O) groups is 1. The number of nitrogens with two attached hydrogens (primary N) is 1. The fraction of sp³-hybridized carbons (Fsp3) is 0.611. The van der Waals surface area contributed by atoms with Crippen LogP contribution in [0.3, 0.4) is 0 Å². The number of fused-ring (bicyclic) bond motifs is 1. The zero-order valence-corrected chi connectivity index (χ0v) is 14.9. The van der Waals surface area contributed by atoms with Gasteiger partial charge in [-0.1, -0.05) is 12.8 Å². The molecule has 0 bridgehead atoms. The molecule has 6 heteroatoms. The number of carbonyl (C=O) groups excluding carboxylic acids is 1. The molecule has 24 heavy (non-hydrogen) atoms. The molecule has 3 unspecified atom stereocenters. The zero-order chi connectivity index (χ0) is 16.2. The molecule has 0 aromatic heterocycles. The molecule has 3 N–H and O–H groups in total. The zero-order valence-electron chi connectivity index (χ0n) is 14.1. The second-order valence-electron chi connectivity index (χ2n) is 6.58. The fourth-order valence-electron chi connectivity index (χ4n) is 3.65. The summed E-state index contributed by atoms with van der Waals surface area (Å²) in [5.74, 6) is 2.00. The summed E-state index contributed by atoms with van der Waals surface area (Å²) in [6.45, 7) is 1.08. The highest BCUT2D eigenvalue weighted by Gasteiger charge is 2.31. The summed E-state index contributed by atoms with van der Waals surface area (Å²) in [6, 6.07) is 5.96. The number of halogens is 1. The van der Waals surface area contributed by atoms with E-state index in [1.165, 1.54) is 12.8 Å². The van der Waals surface area contributed by atoms with Gasteiger partial charge in [0.05, 0.1) is 13.0 Å². The predicted molar refractivity (Wildman–Crippen MR) is 95.9 cm³/mol. The first-order valence-electron chi connectivity index (χ1n) is 8.51. The molecule has 1 amide bonds. The van der Waals surface area contributed by atoms with Crippen LogP contribution in [0.25, 0.3) is 0 Å². The van der Waals surface area contributed by atoms with Gasteiger partial charge in [-0.2, -0.15) is 0 Å². The number of methoxy groups -OCH3 is 1. The Kier molecular flexibility index (Phi) is 6.75. The number of nitrogens with one attached hydrogen (secondary N) is 1. The highest BCUT2D eigenvalue weighted by Crippen LogP contribution is 2.31. The molecule has 0 radical (unpaired) electrons. The Hall–Kier alpha value is -1.46. The summed E-state index contributed by atoms with van der Waals surface area (Å²) >= 11 is 0. The number of ether oxygens (including phenoxy) is 2. The van der Waals surface area contributed by atoms with E-state index in [0.29, 0.717) is 25.5 Å². The van der Waals surface area contributed by atoms with Crippen LogP contribution in [0.15, 0.2) is 18.2 Å². The minimum Gasteiger partial charge on any atom is -0.497 e. The van der Waals surface area contributed by atoms with Crippen LogP contribution in [-0.2, 0) is 11.2 Å². The molecule has 0 saturated heterocycles. The van der Waals surface area contributed by atoms with E-state index >= 15 is 0 Å². The summed E-state index contributed by atoms with van der Waals surface area (Å²) < 4.78 is 11.0. The van der Waals surface area contributed by atoms with Crippen molar-refractivity contribution in [3.8, 4) is 11.5 Å². The van der Waals surface area contributed by atoms with Crippen LogP contribution in [0.5, 0.6) is 11.5 Å². The Bertz CT molecular complexity index is 567. The van der Waals surface area contributed by atoms with Crippen molar-refractivity contribution in [2.75, 3.05) is 20.3 Å². The van der Waals surface area contributed by atoms with Crippen LogP contribution in [-0.4, -0.2) is 32.2 Å². The van der Waals surface area contributed by atoms with Crippen LogP contribution in [0.1, 0.15) is 31.2 Å². The number of rotatable bonds is 4. The third-order valence-electron chi connectivity index (χ3n) is 5.08. The van der Waals surface area contributed by atoms with Gasteiger partial charge in [0, 0.05) is 6.04 Å². The minimum atomic E-state index is -0.144. The summed E-state index contributed by atoms with van der Waals surface area (Å²) in [7, 11) is 1.64. The maximum Gasteiger partial charge on any atom is 0.227 e. The molecule has 3 rings (SSSR count). The fourth-order valence-corrected chi connectivity index (χ4v) is 3.65. The second kappa shape index (κ2) is 8.58. The monoisotopic (exact) mass is 354 g/mol. The number of benzene rings is 1. The van der Waals surface area contributed by atoms with Crippen molar-refractivity contribution in [1.29, 1.82) is 0 Å². The Morgan fingerprint density at radius 3 is 2.92 bits per heavy atom. The van der Waals surface area contributed by atoms with E-state index in [4.69, 9.17) is 15.2 Å². The lowest BCUT2D eigenvalue weighted by Gasteiger charge is -2.33. The number of hydrogen-bond donors (Lipinski definition) is 2. The van der Waals surface area contributed by atoms with Crippen molar-refractivity contribution in [1.82, 2.24) is 5.32 Å². The van der Waals surface area contributed by atoms with Crippen molar-refractivity contribution >= 4 is 18.3 Å². The van der Waals surface area contributed by atoms with E-state index in [0.717, 1.165) is 29.9 Å². The van der Waals surface area contributed by atoms with Crippen LogP contribution < -0.4 is 20.5 Å². The maximum absolute atomic E-state index is 12.6. The Morgan fingerprint density at radius 1 is 1.38 bits per heavy atom. The van der Waals surface area contributed by atoms with Gasteiger partial charge in [0.2, 0.25) is 5.91 Å². The average molecular weight is 355 g/mol. The molecule has 0 spiro atoms. The van der Waals surface area contributed by atoms with E-state index in [-0.39, 0.29) is 30.3 Å². The van der Waals surface area contributed by atoms with E-state index < -0.39 is 0 Å². The topological polar surface area (TPSA) is 73.6 Å². The third-order valence-corrected chi connectivity index (χ3v) is 5.08. The average Bonchev–Trinajstić information content (AvgIpc) is 2.61. The normalized spacial score (nSPS) is 25.7. The van der Waals surface area contributed by atoms with Crippen LogP contribution in [0.2, 0.25) is 0 Å². The Morgan fingerprint density at radius 2 is 2.17 bits per heavy atom. The number of hydrogen-bond acceptors (Lipinski definition) is 4. The van der Waals surface area contributed by atoms with Gasteiger partial charge in [-0.25, -0.2) is 0 Å². The highest BCUT2D eigenvalue weighted by atomic mass is 35.5. The number of amides is 1. The molecule has 3 atom stereocenters. The third kappa shape index (κ3) is 4.14. The molecule has 5 nitrogen and oxygen atoms in total. The predicted octanol–water partition coefficient (Wildman–Crippen LogP) is 2.30. The van der Waals surface area contributed by atoms with E-state index in [1.54, 1.807) is 7.11 Å². The lowest BCUT2D eigenvalue weighted by atomic mass is 9.84. The second-order valence-corrected chi connectivity index (χ2v) is 6.58. The van der Waals surface area contributed by atoms with Crippen LogP contribution in [0, 0.1) is 11.8 Å². The van der Waals surface area contributed by atoms with E-state index in [9.17, 15) is 4.79 Å². The summed E-state index contributed by atoms with van der Waals surface area (Å²) in [5, 5.41) is 3.22. The first kappa shape index (κ1) is 18.9. The van der Waals surface area contributed by atoms with Crippen molar-refractivity contribution in [2.45, 2.75) is 38.1 Å². The quantitative estimate of drug-likeness (QED) is 0.870. The molecule has 1 saturated carbocycles. The summed E-state index contributed by atoms with van der Waals surface area (Å²) in [5.41, 5.74) is 6.89. The lowest BCUT2D eigenvalue weighted by molar-refractivity contribution is -0.127. The Labute approximate surface area is 149 Å². The van der Waals surface area contributed by atoms with Crippen molar-refractivity contribution in [3.63, 3.8) is 0 Å². The first-order chi connectivity index (χ1) is 11.2. The summed E-state index contributed by atoms with van der Waals surface area (Å²) in [4.78, 5) is 12.6. The van der Waals surface area contributed by atoms with Crippen molar-refractivity contribution < 1.29 is 14.3 Å². The van der Waals surface area contributed by atoms with E-state index in [2.05, 4.69) is 5.32 Å². The van der Waals surface area contributed by atoms with Crippen molar-refractivity contribution in [2.24, 2.45) is 17.6 Å². The van der Waals surface area contributed by atoms with Crippen LogP contribution >= 0.6 is 12.4 Å². The molecule has 134 valence electrons. The van der Waals surface area contributed by atoms with Gasteiger partial charge in [-0.15, -0.1) is 12.4 Å². The summed E-state index contributed by atoms with van der Waals surface area (Å²) in [6.07, 6.45) is 5.23. The van der Waals surface area contributed by atoms with Gasteiger partial charge >= 0.3 is 0 Å². The van der Waals surface area contributed by atoms with Gasteiger partial charge in [0.1, 0.15) is 18.1 Å². The van der Waals surface area contributed by atoms with Gasteiger partial charge in [0.15, 0.2) is 0 Å². The molecule has 1 aliphatic carbocycles. The Balaban J connectivity index is 0.00000208.